The average Bonchev–Trinajstić information content (AvgIpc) is 2.37. The molecule has 1 aromatic rings. The van der Waals surface area contributed by atoms with Gasteiger partial charge in [-0.2, -0.15) is 0 Å². The Bertz CT molecular complexity index is 415. The smallest absolute Gasteiger partial charge is 0.305 e. The summed E-state index contributed by atoms with van der Waals surface area (Å²) in [6, 6.07) is 1.65. The van der Waals surface area contributed by atoms with Crippen LogP contribution in [0.2, 0.25) is 5.15 Å². The molecular weight excluding hydrogens is 259 g/mol. The quantitative estimate of drug-likeness (QED) is 0.639. The summed E-state index contributed by atoms with van der Waals surface area (Å²) in [6.07, 6.45) is 2.43. The first-order chi connectivity index (χ1) is 8.54. The van der Waals surface area contributed by atoms with Crippen molar-refractivity contribution < 1.29 is 13.9 Å². The van der Waals surface area contributed by atoms with Crippen molar-refractivity contribution in [2.24, 2.45) is 0 Å². The average molecular weight is 275 g/mol. The van der Waals surface area contributed by atoms with Gasteiger partial charge in [-0.05, 0) is 19.4 Å². The Morgan fingerprint density at radius 1 is 1.67 bits per heavy atom. The van der Waals surface area contributed by atoms with Gasteiger partial charge in [0, 0.05) is 30.8 Å². The lowest BCUT2D eigenvalue weighted by Crippen LogP contribution is -2.26. The lowest BCUT2D eigenvalue weighted by molar-refractivity contribution is -0.140. The number of nitrogens with one attached hydrogen (secondary N) is 1. The van der Waals surface area contributed by atoms with E-state index in [1.165, 1.54) is 13.3 Å². The molecule has 1 heterocycles. The van der Waals surface area contributed by atoms with E-state index in [0.717, 1.165) is 0 Å². The second-order valence-electron chi connectivity index (χ2n) is 3.97. The number of esters is 1. The third-order valence-corrected chi connectivity index (χ3v) is 2.84. The van der Waals surface area contributed by atoms with Crippen molar-refractivity contribution in [1.82, 2.24) is 10.3 Å². The standard InChI is InChI=1S/C12H16ClFN2O2/c1-8(3-4-10(17)18-2)16-7-9-5-6-15-12(13)11(9)14/h5-6,8,16H,3-4,7H2,1-2H3. The SMILES string of the molecule is COC(=O)CCC(C)NCc1ccnc(Cl)c1F. The highest BCUT2D eigenvalue weighted by Gasteiger charge is 2.10. The molecule has 0 saturated carbocycles. The van der Waals surface area contributed by atoms with E-state index in [4.69, 9.17) is 11.6 Å². The van der Waals surface area contributed by atoms with Crippen LogP contribution in [0.15, 0.2) is 12.3 Å². The Morgan fingerprint density at radius 3 is 3.06 bits per heavy atom. The maximum atomic E-state index is 13.5. The fourth-order valence-electron chi connectivity index (χ4n) is 1.41. The van der Waals surface area contributed by atoms with Crippen molar-refractivity contribution in [1.29, 1.82) is 0 Å². The molecule has 0 saturated heterocycles. The van der Waals surface area contributed by atoms with Crippen molar-refractivity contribution in [3.05, 3.63) is 28.8 Å². The first-order valence-electron chi connectivity index (χ1n) is 5.63. The number of ether oxygens (including phenoxy) is 1. The summed E-state index contributed by atoms with van der Waals surface area (Å²) in [5, 5.41) is 2.98. The van der Waals surface area contributed by atoms with E-state index in [9.17, 15) is 9.18 Å². The predicted octanol–water partition coefficient (Wildman–Crippen LogP) is 2.31. The first kappa shape index (κ1) is 14.9. The van der Waals surface area contributed by atoms with Crippen LogP contribution in [0.3, 0.4) is 0 Å². The number of nitrogens with zero attached hydrogens (tertiary/aromatic N) is 1. The molecule has 100 valence electrons. The molecule has 0 aliphatic carbocycles. The van der Waals surface area contributed by atoms with Crippen LogP contribution in [-0.4, -0.2) is 24.1 Å². The summed E-state index contributed by atoms with van der Waals surface area (Å²) in [7, 11) is 1.36. The molecule has 6 heteroatoms. The molecule has 0 aromatic carbocycles. The molecule has 1 atom stereocenters. The highest BCUT2D eigenvalue weighted by atomic mass is 35.5. The molecule has 1 aromatic heterocycles. The Labute approximate surface area is 110 Å². The largest absolute Gasteiger partial charge is 0.469 e. The van der Waals surface area contributed by atoms with Gasteiger partial charge in [-0.3, -0.25) is 4.79 Å². The maximum Gasteiger partial charge on any atom is 0.305 e. The van der Waals surface area contributed by atoms with E-state index in [-0.39, 0.29) is 17.2 Å². The molecule has 0 bridgehead atoms. The fourth-order valence-corrected chi connectivity index (χ4v) is 1.59. The van der Waals surface area contributed by atoms with Gasteiger partial charge in [-0.15, -0.1) is 0 Å². The van der Waals surface area contributed by atoms with E-state index in [1.807, 2.05) is 6.92 Å². The van der Waals surface area contributed by atoms with Crippen LogP contribution in [0.4, 0.5) is 4.39 Å². The van der Waals surface area contributed by atoms with Gasteiger partial charge in [0.15, 0.2) is 11.0 Å². The number of carbonyl (C=O) groups excluding carboxylic acids is 1. The number of pyridine rings is 1. The topological polar surface area (TPSA) is 51.2 Å². The number of methoxy groups -OCH3 is 1. The molecule has 0 aliphatic rings. The molecule has 0 aliphatic heterocycles. The zero-order chi connectivity index (χ0) is 13.5. The van der Waals surface area contributed by atoms with Gasteiger partial charge < -0.3 is 10.1 Å². The zero-order valence-electron chi connectivity index (χ0n) is 10.4. The minimum atomic E-state index is -0.508. The number of hydrogen-bond acceptors (Lipinski definition) is 4. The Hall–Kier alpha value is -1.20. The van der Waals surface area contributed by atoms with Crippen molar-refractivity contribution in [2.45, 2.75) is 32.4 Å². The molecule has 1 unspecified atom stereocenters. The van der Waals surface area contributed by atoms with Gasteiger partial charge in [0.05, 0.1) is 7.11 Å². The third-order valence-electron chi connectivity index (χ3n) is 2.58. The summed E-state index contributed by atoms with van der Waals surface area (Å²) in [5.74, 6) is -0.756. The van der Waals surface area contributed by atoms with Gasteiger partial charge in [-0.25, -0.2) is 9.37 Å². The summed E-state index contributed by atoms with van der Waals surface area (Å²) in [4.78, 5) is 14.6. The van der Waals surface area contributed by atoms with Gasteiger partial charge in [-0.1, -0.05) is 11.6 Å². The van der Waals surface area contributed by atoms with Crippen LogP contribution >= 0.6 is 11.6 Å². The van der Waals surface area contributed by atoms with E-state index in [1.54, 1.807) is 6.07 Å². The normalized spacial score (nSPS) is 12.2. The van der Waals surface area contributed by atoms with Gasteiger partial charge in [0.1, 0.15) is 0 Å². The molecule has 4 nitrogen and oxygen atoms in total. The van der Waals surface area contributed by atoms with Crippen molar-refractivity contribution in [3.63, 3.8) is 0 Å². The number of aromatic nitrogens is 1. The molecule has 0 amide bonds. The van der Waals surface area contributed by atoms with Crippen LogP contribution < -0.4 is 5.32 Å². The summed E-state index contributed by atoms with van der Waals surface area (Å²) >= 11 is 5.58. The Morgan fingerprint density at radius 2 is 2.39 bits per heavy atom. The van der Waals surface area contributed by atoms with E-state index < -0.39 is 5.82 Å². The van der Waals surface area contributed by atoms with Crippen LogP contribution in [0, 0.1) is 5.82 Å². The molecule has 18 heavy (non-hydrogen) atoms. The molecule has 0 fully saturated rings. The molecule has 1 N–H and O–H groups in total. The lowest BCUT2D eigenvalue weighted by atomic mass is 10.1. The number of carbonyl (C=O) groups is 1. The minimum Gasteiger partial charge on any atom is -0.469 e. The number of rotatable bonds is 6. The maximum absolute atomic E-state index is 13.5. The van der Waals surface area contributed by atoms with E-state index in [0.29, 0.717) is 24.9 Å². The third kappa shape index (κ3) is 4.58. The van der Waals surface area contributed by atoms with E-state index >= 15 is 0 Å². The molecular formula is C12H16ClFN2O2. The second kappa shape index (κ2) is 7.28. The zero-order valence-corrected chi connectivity index (χ0v) is 11.1. The Kier molecular flexibility index (Phi) is 6.01. The van der Waals surface area contributed by atoms with Crippen molar-refractivity contribution in [3.8, 4) is 0 Å². The predicted molar refractivity (Wildman–Crippen MR) is 66.8 cm³/mol. The van der Waals surface area contributed by atoms with Gasteiger partial charge >= 0.3 is 5.97 Å². The van der Waals surface area contributed by atoms with Gasteiger partial charge in [0.2, 0.25) is 0 Å². The summed E-state index contributed by atoms with van der Waals surface area (Å²) in [6.45, 7) is 2.26. The van der Waals surface area contributed by atoms with Crippen LogP contribution in [0.5, 0.6) is 0 Å². The van der Waals surface area contributed by atoms with Crippen molar-refractivity contribution in [2.75, 3.05) is 7.11 Å². The first-order valence-corrected chi connectivity index (χ1v) is 6.01. The van der Waals surface area contributed by atoms with Crippen LogP contribution in [0.25, 0.3) is 0 Å². The summed E-state index contributed by atoms with van der Waals surface area (Å²) < 4.78 is 18.1. The molecule has 1 rings (SSSR count). The molecule has 0 radical (unpaired) electrons. The Balaban J connectivity index is 2.40. The van der Waals surface area contributed by atoms with Crippen LogP contribution in [0.1, 0.15) is 25.3 Å². The minimum absolute atomic E-state index is 0.0791. The van der Waals surface area contributed by atoms with Gasteiger partial charge in [0.25, 0.3) is 0 Å². The van der Waals surface area contributed by atoms with Crippen LogP contribution in [-0.2, 0) is 16.1 Å². The number of hydrogen-bond donors (Lipinski definition) is 1. The van der Waals surface area contributed by atoms with Crippen molar-refractivity contribution >= 4 is 17.6 Å². The second-order valence-corrected chi connectivity index (χ2v) is 4.33. The molecule has 0 spiro atoms. The fraction of sp³-hybridized carbons (Fsp3) is 0.500. The summed E-state index contributed by atoms with van der Waals surface area (Å²) in [5.41, 5.74) is 0.458. The highest BCUT2D eigenvalue weighted by Crippen LogP contribution is 2.14. The lowest BCUT2D eigenvalue weighted by Gasteiger charge is -2.13. The monoisotopic (exact) mass is 274 g/mol. The van der Waals surface area contributed by atoms with E-state index in [2.05, 4.69) is 15.0 Å². The number of halogens is 2. The highest BCUT2D eigenvalue weighted by molar-refractivity contribution is 6.29.